The van der Waals surface area contributed by atoms with Crippen LogP contribution in [0.2, 0.25) is 0 Å². The molecule has 0 amide bonds. The second kappa shape index (κ2) is 6.21. The van der Waals surface area contributed by atoms with Crippen molar-refractivity contribution in [3.8, 4) is 5.75 Å². The summed E-state index contributed by atoms with van der Waals surface area (Å²) in [6, 6.07) is 14.3. The van der Waals surface area contributed by atoms with Gasteiger partial charge in [-0.05, 0) is 35.1 Å². The molecule has 2 aromatic rings. The van der Waals surface area contributed by atoms with Gasteiger partial charge in [0.25, 0.3) is 0 Å². The first kappa shape index (κ1) is 12.6. The van der Waals surface area contributed by atoms with Gasteiger partial charge in [-0.25, -0.2) is 0 Å². The van der Waals surface area contributed by atoms with E-state index in [0.29, 0.717) is 18.3 Å². The molecule has 0 radical (unpaired) electrons. The fraction of sp³-hybridized carbons (Fsp3) is 0.214. The van der Waals surface area contributed by atoms with Crippen LogP contribution in [0, 0.1) is 0 Å². The van der Waals surface area contributed by atoms with Crippen LogP contribution < -0.4 is 15.4 Å². The van der Waals surface area contributed by atoms with E-state index in [1.807, 2.05) is 24.3 Å². The Balaban J connectivity index is 1.90. The van der Waals surface area contributed by atoms with Crippen LogP contribution in [0.1, 0.15) is 0 Å². The molecule has 18 heavy (non-hydrogen) atoms. The van der Waals surface area contributed by atoms with E-state index in [9.17, 15) is 0 Å². The molecule has 0 saturated heterocycles. The molecule has 0 aliphatic rings. The number of nitrogens with one attached hydrogen (secondary N) is 2. The van der Waals surface area contributed by atoms with E-state index in [1.54, 1.807) is 7.05 Å². The van der Waals surface area contributed by atoms with Gasteiger partial charge in [-0.15, -0.1) is 0 Å². The molecule has 0 heterocycles. The third-order valence-corrected chi connectivity index (χ3v) is 2.95. The van der Waals surface area contributed by atoms with Crippen LogP contribution in [0.5, 0.6) is 5.75 Å². The van der Waals surface area contributed by atoms with Crippen LogP contribution in [0.15, 0.2) is 42.5 Å². The van der Waals surface area contributed by atoms with Gasteiger partial charge in [-0.3, -0.25) is 0 Å². The predicted octanol–water partition coefficient (Wildman–Crippen LogP) is 2.31. The highest BCUT2D eigenvalue weighted by molar-refractivity contribution is 7.80. The molecule has 2 aromatic carbocycles. The standard InChI is InChI=1S/C14H16N2OS/c1-15-14(18)16-8-9-17-13-7-6-11-4-2-3-5-12(11)10-13/h2-7,10H,8-9H2,1H3,(H2,15,16,18). The summed E-state index contributed by atoms with van der Waals surface area (Å²) in [7, 11) is 1.79. The van der Waals surface area contributed by atoms with Gasteiger partial charge in [0, 0.05) is 7.05 Å². The van der Waals surface area contributed by atoms with Crippen molar-refractivity contribution in [2.75, 3.05) is 20.2 Å². The van der Waals surface area contributed by atoms with Crippen molar-refractivity contribution in [3.63, 3.8) is 0 Å². The van der Waals surface area contributed by atoms with Gasteiger partial charge < -0.3 is 15.4 Å². The largest absolute Gasteiger partial charge is 0.492 e. The highest BCUT2D eigenvalue weighted by Gasteiger charge is 1.97. The van der Waals surface area contributed by atoms with Crippen molar-refractivity contribution < 1.29 is 4.74 Å². The quantitative estimate of drug-likeness (QED) is 0.653. The van der Waals surface area contributed by atoms with Gasteiger partial charge in [0.1, 0.15) is 12.4 Å². The number of rotatable bonds is 4. The Labute approximate surface area is 112 Å². The summed E-state index contributed by atoms with van der Waals surface area (Å²) < 4.78 is 5.66. The Bertz CT molecular complexity index is 542. The maximum Gasteiger partial charge on any atom is 0.166 e. The highest BCUT2D eigenvalue weighted by Crippen LogP contribution is 2.20. The fourth-order valence-corrected chi connectivity index (χ4v) is 1.78. The highest BCUT2D eigenvalue weighted by atomic mass is 32.1. The van der Waals surface area contributed by atoms with Crippen molar-refractivity contribution >= 4 is 28.1 Å². The Kier molecular flexibility index (Phi) is 4.36. The topological polar surface area (TPSA) is 33.3 Å². The smallest absolute Gasteiger partial charge is 0.166 e. The maximum absolute atomic E-state index is 5.66. The Hall–Kier alpha value is -1.81. The average Bonchev–Trinajstić information content (AvgIpc) is 2.43. The molecule has 0 atom stereocenters. The normalized spacial score (nSPS) is 10.1. The average molecular weight is 260 g/mol. The van der Waals surface area contributed by atoms with Crippen LogP contribution in [-0.4, -0.2) is 25.3 Å². The molecule has 0 spiro atoms. The lowest BCUT2D eigenvalue weighted by atomic mass is 10.1. The third kappa shape index (κ3) is 3.34. The molecule has 2 N–H and O–H groups in total. The second-order valence-electron chi connectivity index (χ2n) is 3.86. The van der Waals surface area contributed by atoms with Crippen molar-refractivity contribution in [1.82, 2.24) is 10.6 Å². The van der Waals surface area contributed by atoms with Crippen molar-refractivity contribution in [2.45, 2.75) is 0 Å². The van der Waals surface area contributed by atoms with E-state index >= 15 is 0 Å². The minimum atomic E-state index is 0.583. The van der Waals surface area contributed by atoms with Gasteiger partial charge >= 0.3 is 0 Å². The number of benzene rings is 2. The first-order chi connectivity index (χ1) is 8.79. The molecule has 0 aliphatic heterocycles. The molecule has 2 rings (SSSR count). The molecular weight excluding hydrogens is 244 g/mol. The lowest BCUT2D eigenvalue weighted by molar-refractivity contribution is 0.323. The summed E-state index contributed by atoms with van der Waals surface area (Å²) in [4.78, 5) is 0. The molecule has 0 aromatic heterocycles. The van der Waals surface area contributed by atoms with Crippen LogP contribution in [0.4, 0.5) is 0 Å². The molecule has 0 aliphatic carbocycles. The summed E-state index contributed by atoms with van der Waals surface area (Å²) >= 11 is 4.97. The molecule has 0 unspecified atom stereocenters. The second-order valence-corrected chi connectivity index (χ2v) is 4.27. The minimum absolute atomic E-state index is 0.583. The Morgan fingerprint density at radius 2 is 1.94 bits per heavy atom. The molecule has 0 bridgehead atoms. The van der Waals surface area contributed by atoms with Crippen molar-refractivity contribution in [2.24, 2.45) is 0 Å². The molecule has 3 nitrogen and oxygen atoms in total. The number of fused-ring (bicyclic) bond motifs is 1. The van der Waals surface area contributed by atoms with E-state index in [0.717, 1.165) is 5.75 Å². The Morgan fingerprint density at radius 3 is 2.72 bits per heavy atom. The number of ether oxygens (including phenoxy) is 1. The predicted molar refractivity (Wildman–Crippen MR) is 79.1 cm³/mol. The molecule has 0 saturated carbocycles. The first-order valence-corrected chi connectivity index (χ1v) is 6.27. The minimum Gasteiger partial charge on any atom is -0.492 e. The van der Waals surface area contributed by atoms with Gasteiger partial charge in [0.2, 0.25) is 0 Å². The van der Waals surface area contributed by atoms with Crippen LogP contribution in [0.3, 0.4) is 0 Å². The maximum atomic E-state index is 5.66. The zero-order valence-corrected chi connectivity index (χ0v) is 11.1. The number of thiocarbonyl (C=S) groups is 1. The number of hydrogen-bond acceptors (Lipinski definition) is 2. The van der Waals surface area contributed by atoms with Crippen molar-refractivity contribution in [3.05, 3.63) is 42.5 Å². The summed E-state index contributed by atoms with van der Waals surface area (Å²) in [5.41, 5.74) is 0. The van der Waals surface area contributed by atoms with E-state index in [-0.39, 0.29) is 0 Å². The molecule has 4 heteroatoms. The van der Waals surface area contributed by atoms with E-state index in [1.165, 1.54) is 10.8 Å². The third-order valence-electron chi connectivity index (χ3n) is 2.60. The van der Waals surface area contributed by atoms with E-state index in [2.05, 4.69) is 28.8 Å². The number of hydrogen-bond donors (Lipinski definition) is 2. The molecular formula is C14H16N2OS. The van der Waals surface area contributed by atoms with Crippen LogP contribution in [0.25, 0.3) is 10.8 Å². The van der Waals surface area contributed by atoms with E-state index < -0.39 is 0 Å². The van der Waals surface area contributed by atoms with Gasteiger partial charge in [-0.1, -0.05) is 30.3 Å². The van der Waals surface area contributed by atoms with Crippen LogP contribution in [-0.2, 0) is 0 Å². The van der Waals surface area contributed by atoms with E-state index in [4.69, 9.17) is 17.0 Å². The monoisotopic (exact) mass is 260 g/mol. The summed E-state index contributed by atoms with van der Waals surface area (Å²) in [5.74, 6) is 0.880. The SMILES string of the molecule is CNC(=S)NCCOc1ccc2ccccc2c1. The first-order valence-electron chi connectivity index (χ1n) is 5.87. The zero-order valence-electron chi connectivity index (χ0n) is 10.3. The summed E-state index contributed by atoms with van der Waals surface area (Å²) in [5, 5.41) is 8.93. The van der Waals surface area contributed by atoms with Crippen molar-refractivity contribution in [1.29, 1.82) is 0 Å². The lowest BCUT2D eigenvalue weighted by Crippen LogP contribution is -2.35. The summed E-state index contributed by atoms with van der Waals surface area (Å²) in [6.45, 7) is 1.27. The van der Waals surface area contributed by atoms with Gasteiger partial charge in [0.05, 0.1) is 6.54 Å². The fourth-order valence-electron chi connectivity index (χ4n) is 1.68. The van der Waals surface area contributed by atoms with Gasteiger partial charge in [0.15, 0.2) is 5.11 Å². The molecule has 0 fully saturated rings. The van der Waals surface area contributed by atoms with Gasteiger partial charge in [-0.2, -0.15) is 0 Å². The lowest BCUT2D eigenvalue weighted by Gasteiger charge is -2.09. The zero-order chi connectivity index (χ0) is 12.8. The summed E-state index contributed by atoms with van der Waals surface area (Å²) in [6.07, 6.45) is 0. The Morgan fingerprint density at radius 1 is 1.17 bits per heavy atom. The molecule has 94 valence electrons. The van der Waals surface area contributed by atoms with Crippen LogP contribution >= 0.6 is 12.2 Å².